The van der Waals surface area contributed by atoms with Gasteiger partial charge < -0.3 is 5.11 Å². The Labute approximate surface area is 75.2 Å². The number of carbonyl (C=O) groups excluding carboxylic acids is 1. The largest absolute Gasteiger partial charge is 0.382 e. The average Bonchev–Trinajstić information content (AvgIpc) is 2.01. The number of nitrogens with zero attached hydrogens (tertiary/aromatic N) is 1. The molecule has 1 aromatic rings. The number of aliphatic hydroxyl groups is 1. The van der Waals surface area contributed by atoms with Crippen molar-refractivity contribution in [2.75, 3.05) is 0 Å². The zero-order valence-corrected chi connectivity index (χ0v) is 7.41. The zero-order chi connectivity index (χ0) is 10.1. The minimum absolute atomic E-state index is 0.0764. The summed E-state index contributed by atoms with van der Waals surface area (Å²) in [6.45, 7) is 2.69. The van der Waals surface area contributed by atoms with E-state index in [0.717, 1.165) is 12.3 Å². The van der Waals surface area contributed by atoms with Gasteiger partial charge in [0.2, 0.25) is 0 Å². The number of hydrogen-bond acceptors (Lipinski definition) is 3. The molecular formula is C9H10FNO2. The molecule has 0 aliphatic heterocycles. The third-order valence-electron chi connectivity index (χ3n) is 1.52. The van der Waals surface area contributed by atoms with Gasteiger partial charge in [0.1, 0.15) is 11.4 Å². The first-order chi connectivity index (χ1) is 5.91. The van der Waals surface area contributed by atoms with E-state index in [0.29, 0.717) is 0 Å². The molecular weight excluding hydrogens is 173 g/mol. The van der Waals surface area contributed by atoms with Gasteiger partial charge in [0.15, 0.2) is 5.78 Å². The molecule has 1 aromatic heterocycles. The first-order valence-electron chi connectivity index (χ1n) is 3.79. The van der Waals surface area contributed by atoms with E-state index in [4.69, 9.17) is 0 Å². The van der Waals surface area contributed by atoms with E-state index in [9.17, 15) is 14.3 Å². The first-order valence-corrected chi connectivity index (χ1v) is 3.79. The van der Waals surface area contributed by atoms with E-state index in [-0.39, 0.29) is 5.56 Å². The molecule has 0 saturated heterocycles. The van der Waals surface area contributed by atoms with Gasteiger partial charge in [-0.05, 0) is 19.9 Å². The Morgan fingerprint density at radius 2 is 2.15 bits per heavy atom. The van der Waals surface area contributed by atoms with E-state index >= 15 is 0 Å². The number of hydrogen-bond donors (Lipinski definition) is 1. The van der Waals surface area contributed by atoms with Gasteiger partial charge in [-0.3, -0.25) is 9.78 Å². The Hall–Kier alpha value is -1.29. The summed E-state index contributed by atoms with van der Waals surface area (Å²) in [6.07, 6.45) is 2.23. The molecule has 0 atom stereocenters. The molecule has 0 aromatic carbocycles. The maximum absolute atomic E-state index is 12.6. The lowest BCUT2D eigenvalue weighted by Crippen LogP contribution is -2.31. The quantitative estimate of drug-likeness (QED) is 0.700. The summed E-state index contributed by atoms with van der Waals surface area (Å²) in [4.78, 5) is 14.9. The maximum atomic E-state index is 12.6. The lowest BCUT2D eigenvalue weighted by atomic mass is 9.98. The summed E-state index contributed by atoms with van der Waals surface area (Å²) >= 11 is 0. The highest BCUT2D eigenvalue weighted by Crippen LogP contribution is 2.12. The van der Waals surface area contributed by atoms with Crippen LogP contribution in [-0.4, -0.2) is 21.5 Å². The molecule has 0 aliphatic carbocycles. The minimum atomic E-state index is -1.49. The number of halogens is 1. The lowest BCUT2D eigenvalue weighted by Gasteiger charge is -2.14. The summed E-state index contributed by atoms with van der Waals surface area (Å²) in [7, 11) is 0. The Balaban J connectivity index is 3.03. The van der Waals surface area contributed by atoms with E-state index in [1.165, 1.54) is 20.0 Å². The lowest BCUT2D eigenvalue weighted by molar-refractivity contribution is 0.0487. The first kappa shape index (κ1) is 9.80. The predicted molar refractivity (Wildman–Crippen MR) is 44.8 cm³/mol. The van der Waals surface area contributed by atoms with E-state index < -0.39 is 17.2 Å². The van der Waals surface area contributed by atoms with Crippen LogP contribution in [0.5, 0.6) is 0 Å². The molecule has 0 unspecified atom stereocenters. The average molecular weight is 183 g/mol. The van der Waals surface area contributed by atoms with Gasteiger partial charge in [0.05, 0.1) is 6.20 Å². The van der Waals surface area contributed by atoms with Crippen molar-refractivity contribution >= 4 is 5.78 Å². The van der Waals surface area contributed by atoms with Crippen molar-refractivity contribution in [3.63, 3.8) is 0 Å². The standard InChI is InChI=1S/C9H10FNO2/c1-9(2,13)8(12)6-3-7(10)5-11-4-6/h3-5,13H,1-2H3. The van der Waals surface area contributed by atoms with Crippen LogP contribution in [0.3, 0.4) is 0 Å². The van der Waals surface area contributed by atoms with Gasteiger partial charge in [-0.2, -0.15) is 0 Å². The topological polar surface area (TPSA) is 50.2 Å². The van der Waals surface area contributed by atoms with Crippen LogP contribution in [-0.2, 0) is 0 Å². The monoisotopic (exact) mass is 183 g/mol. The van der Waals surface area contributed by atoms with Gasteiger partial charge in [0, 0.05) is 11.8 Å². The summed E-state index contributed by atoms with van der Waals surface area (Å²) in [5, 5.41) is 9.33. The summed E-state index contributed by atoms with van der Waals surface area (Å²) in [6, 6.07) is 1.05. The molecule has 1 rings (SSSR count). The second-order valence-electron chi connectivity index (χ2n) is 3.28. The smallest absolute Gasteiger partial charge is 0.195 e. The van der Waals surface area contributed by atoms with Gasteiger partial charge in [-0.15, -0.1) is 0 Å². The van der Waals surface area contributed by atoms with Crippen LogP contribution in [0.2, 0.25) is 0 Å². The van der Waals surface area contributed by atoms with Crippen LogP contribution in [0.4, 0.5) is 4.39 Å². The molecule has 3 nitrogen and oxygen atoms in total. The molecule has 0 aliphatic rings. The van der Waals surface area contributed by atoms with E-state index in [1.54, 1.807) is 0 Å². The summed E-state index contributed by atoms with van der Waals surface area (Å²) in [5.41, 5.74) is -1.41. The number of carbonyl (C=O) groups is 1. The Morgan fingerprint density at radius 3 is 2.62 bits per heavy atom. The van der Waals surface area contributed by atoms with Crippen molar-refractivity contribution in [3.8, 4) is 0 Å². The van der Waals surface area contributed by atoms with Gasteiger partial charge >= 0.3 is 0 Å². The molecule has 4 heteroatoms. The minimum Gasteiger partial charge on any atom is -0.382 e. The molecule has 0 fully saturated rings. The van der Waals surface area contributed by atoms with Gasteiger partial charge in [-0.25, -0.2) is 4.39 Å². The molecule has 1 N–H and O–H groups in total. The summed E-state index contributed by atoms with van der Waals surface area (Å²) in [5.74, 6) is -1.13. The fourth-order valence-electron chi connectivity index (χ4n) is 0.889. The van der Waals surface area contributed by atoms with Crippen molar-refractivity contribution in [2.24, 2.45) is 0 Å². The molecule has 0 radical (unpaired) electrons. The van der Waals surface area contributed by atoms with E-state index in [2.05, 4.69) is 4.98 Å². The van der Waals surface area contributed by atoms with Crippen LogP contribution in [0, 0.1) is 5.82 Å². The Kier molecular flexibility index (Phi) is 2.43. The number of pyridine rings is 1. The fraction of sp³-hybridized carbons (Fsp3) is 0.333. The normalized spacial score (nSPS) is 11.4. The van der Waals surface area contributed by atoms with Crippen molar-refractivity contribution in [1.29, 1.82) is 0 Å². The van der Waals surface area contributed by atoms with Crippen LogP contribution in [0.1, 0.15) is 24.2 Å². The molecule has 0 bridgehead atoms. The van der Waals surface area contributed by atoms with Crippen molar-refractivity contribution in [2.45, 2.75) is 19.4 Å². The second-order valence-corrected chi connectivity index (χ2v) is 3.28. The molecule has 13 heavy (non-hydrogen) atoms. The van der Waals surface area contributed by atoms with E-state index in [1.807, 2.05) is 0 Å². The summed E-state index contributed by atoms with van der Waals surface area (Å²) < 4.78 is 12.6. The molecule has 0 spiro atoms. The Bertz CT molecular complexity index is 331. The highest BCUT2D eigenvalue weighted by Gasteiger charge is 2.25. The van der Waals surface area contributed by atoms with Crippen molar-refractivity contribution < 1.29 is 14.3 Å². The van der Waals surface area contributed by atoms with Crippen molar-refractivity contribution in [3.05, 3.63) is 29.8 Å². The highest BCUT2D eigenvalue weighted by molar-refractivity contribution is 6.01. The number of rotatable bonds is 2. The fourth-order valence-corrected chi connectivity index (χ4v) is 0.889. The predicted octanol–water partition coefficient (Wildman–Crippen LogP) is 1.17. The van der Waals surface area contributed by atoms with Crippen LogP contribution < -0.4 is 0 Å². The van der Waals surface area contributed by atoms with Crippen molar-refractivity contribution in [1.82, 2.24) is 4.98 Å². The van der Waals surface area contributed by atoms with Crippen LogP contribution >= 0.6 is 0 Å². The Morgan fingerprint density at radius 1 is 1.54 bits per heavy atom. The third kappa shape index (κ3) is 2.32. The highest BCUT2D eigenvalue weighted by atomic mass is 19.1. The second kappa shape index (κ2) is 3.22. The number of ketones is 1. The number of Topliss-reactive ketones (excluding diaryl/α,β-unsaturated/α-hetero) is 1. The SMILES string of the molecule is CC(C)(O)C(=O)c1cncc(F)c1. The molecule has 70 valence electrons. The number of aromatic nitrogens is 1. The maximum Gasteiger partial charge on any atom is 0.195 e. The molecule has 0 amide bonds. The molecule has 0 saturated carbocycles. The molecule has 1 heterocycles. The van der Waals surface area contributed by atoms with Crippen LogP contribution in [0.25, 0.3) is 0 Å². The van der Waals surface area contributed by atoms with Gasteiger partial charge in [-0.1, -0.05) is 0 Å². The zero-order valence-electron chi connectivity index (χ0n) is 7.41. The van der Waals surface area contributed by atoms with Gasteiger partial charge in [0.25, 0.3) is 0 Å². The third-order valence-corrected chi connectivity index (χ3v) is 1.52. The van der Waals surface area contributed by atoms with Crippen LogP contribution in [0.15, 0.2) is 18.5 Å².